The highest BCUT2D eigenvalue weighted by molar-refractivity contribution is 14.1. The van der Waals surface area contributed by atoms with Gasteiger partial charge < -0.3 is 14.5 Å². The third-order valence-corrected chi connectivity index (χ3v) is 5.92. The number of likely N-dealkylation sites (tertiary alicyclic amines) is 1. The van der Waals surface area contributed by atoms with E-state index in [4.69, 9.17) is 10.8 Å². The van der Waals surface area contributed by atoms with E-state index in [1.54, 1.807) is 4.90 Å². The summed E-state index contributed by atoms with van der Waals surface area (Å²) in [5, 5.41) is 0. The highest BCUT2D eigenvalue weighted by atomic mass is 127. The van der Waals surface area contributed by atoms with Gasteiger partial charge in [-0.1, -0.05) is 0 Å². The Hall–Kier alpha value is -0.100. The lowest BCUT2D eigenvalue weighted by atomic mass is 10.1. The molecule has 2 atom stereocenters. The summed E-state index contributed by atoms with van der Waals surface area (Å²) in [5.41, 5.74) is -0.538. The molecular weight excluding hydrogens is 512 g/mol. The molecule has 0 saturated carbocycles. The van der Waals surface area contributed by atoms with Crippen molar-refractivity contribution >= 4 is 51.3 Å². The summed E-state index contributed by atoms with van der Waals surface area (Å²) in [5.74, 6) is 0.955. The molecule has 1 aromatic rings. The number of aromatic amines is 1. The lowest BCUT2D eigenvalue weighted by Gasteiger charge is -2.27. The van der Waals surface area contributed by atoms with Crippen LogP contribution in [0.2, 0.25) is 0 Å². The van der Waals surface area contributed by atoms with Crippen molar-refractivity contribution in [2.45, 2.75) is 38.8 Å². The number of carbonyl (C=O) groups excluding carboxylic acids is 1. The Morgan fingerprint density at radius 2 is 2.27 bits per heavy atom. The van der Waals surface area contributed by atoms with Gasteiger partial charge in [0.05, 0.1) is 14.0 Å². The number of hydrogen-bond acceptors (Lipinski definition) is 4. The number of nitrogens with zero attached hydrogens (tertiary/aromatic N) is 2. The number of rotatable bonds is 3. The summed E-state index contributed by atoms with van der Waals surface area (Å²) in [7, 11) is -0.0653. The fourth-order valence-corrected chi connectivity index (χ4v) is 3.29. The van der Waals surface area contributed by atoms with Crippen molar-refractivity contribution in [2.75, 3.05) is 20.2 Å². The number of carbonyl (C=O) groups is 1. The fraction of sp³-hybridized carbons (Fsp3) is 0.714. The Kier molecular flexibility index (Phi) is 5.48. The monoisotopic (exact) mass is 534 g/mol. The zero-order valence-electron chi connectivity index (χ0n) is 13.9. The van der Waals surface area contributed by atoms with Crippen molar-refractivity contribution in [1.82, 2.24) is 14.9 Å². The average molecular weight is 534 g/mol. The summed E-state index contributed by atoms with van der Waals surface area (Å²) in [4.78, 5) is 22.0. The van der Waals surface area contributed by atoms with Crippen molar-refractivity contribution in [3.63, 3.8) is 0 Å². The Morgan fingerprint density at radius 3 is 2.82 bits per heavy atom. The lowest BCUT2D eigenvalue weighted by Crippen LogP contribution is -2.37. The number of ether oxygens (including phenoxy) is 2. The molecule has 0 unspecified atom stereocenters. The number of hydrogen-bond donors (Lipinski definition) is 1. The van der Waals surface area contributed by atoms with Gasteiger partial charge in [-0.25, -0.2) is 9.78 Å². The molecule has 1 aromatic heterocycles. The van der Waals surface area contributed by atoms with E-state index in [-0.39, 0.29) is 25.1 Å². The quantitative estimate of drug-likeness (QED) is 0.603. The van der Waals surface area contributed by atoms with E-state index < -0.39 is 5.60 Å². The van der Waals surface area contributed by atoms with E-state index in [1.165, 1.54) is 0 Å². The van der Waals surface area contributed by atoms with Gasteiger partial charge in [0.25, 0.3) is 0 Å². The van der Waals surface area contributed by atoms with Crippen LogP contribution in [0.25, 0.3) is 0 Å². The Labute approximate surface area is 159 Å². The van der Waals surface area contributed by atoms with Crippen molar-refractivity contribution < 1.29 is 15.6 Å². The van der Waals surface area contributed by atoms with Crippen LogP contribution in [-0.2, 0) is 9.47 Å². The first-order chi connectivity index (χ1) is 10.7. The van der Waals surface area contributed by atoms with Gasteiger partial charge in [-0.15, -0.1) is 0 Å². The number of aromatic nitrogens is 2. The number of H-pyrrole nitrogens is 1. The Balaban J connectivity index is 2.18. The minimum Gasteiger partial charge on any atom is -0.444 e. The Bertz CT molecular complexity index is 542. The van der Waals surface area contributed by atoms with E-state index in [0.717, 1.165) is 19.6 Å². The van der Waals surface area contributed by atoms with Crippen LogP contribution in [0.3, 0.4) is 0 Å². The maximum Gasteiger partial charge on any atom is 0.410 e. The van der Waals surface area contributed by atoms with E-state index in [1.807, 2.05) is 20.8 Å². The number of nitrogens with one attached hydrogen (secondary N) is 1. The Morgan fingerprint density at radius 1 is 1.55 bits per heavy atom. The van der Waals surface area contributed by atoms with Crippen molar-refractivity contribution in [2.24, 2.45) is 5.92 Å². The first kappa shape index (κ1) is 16.7. The van der Waals surface area contributed by atoms with Crippen LogP contribution >= 0.6 is 45.2 Å². The number of methoxy groups -OCH3 is 1. The van der Waals surface area contributed by atoms with Gasteiger partial charge in [-0.2, -0.15) is 0 Å². The standard InChI is InChI=1S/C14H21I2N3O3/c1-14(2,3)22-13(20)19-6-8(7-21-4)5-9(19)12-17-10(15)11(16)18-12/h8-9H,5-7H2,1-4H3,(H,17,18)/t8-,9-/m0/s1/i4D. The molecule has 0 spiro atoms. The van der Waals surface area contributed by atoms with Crippen LogP contribution in [0.1, 0.15) is 40.4 Å². The molecule has 2 heterocycles. The predicted molar refractivity (Wildman–Crippen MR) is 99.7 cm³/mol. The van der Waals surface area contributed by atoms with Crippen LogP contribution in [-0.4, -0.2) is 46.8 Å². The molecule has 1 aliphatic heterocycles. The highest BCUT2D eigenvalue weighted by Gasteiger charge is 2.40. The maximum atomic E-state index is 12.5. The SMILES string of the molecule is [2H]COC[C@H]1C[C@@H](c2nc(I)c(I)[nH]2)N(C(=O)OC(C)(C)C)C1. The molecule has 124 valence electrons. The molecule has 0 aromatic carbocycles. The summed E-state index contributed by atoms with van der Waals surface area (Å²) in [6.45, 7) is 6.59. The summed E-state index contributed by atoms with van der Waals surface area (Å²) >= 11 is 4.37. The normalized spacial score (nSPS) is 22.8. The molecule has 0 radical (unpaired) electrons. The molecule has 1 N–H and O–H groups in total. The highest BCUT2D eigenvalue weighted by Crippen LogP contribution is 2.36. The predicted octanol–water partition coefficient (Wildman–Crippen LogP) is 3.56. The molecule has 1 aliphatic rings. The van der Waals surface area contributed by atoms with E-state index in [2.05, 4.69) is 55.1 Å². The minimum atomic E-state index is -0.538. The zero-order chi connectivity index (χ0) is 17.2. The average Bonchev–Trinajstić information content (AvgIpc) is 2.99. The first-order valence-electron chi connectivity index (χ1n) is 7.69. The zero-order valence-corrected chi connectivity index (χ0v) is 17.2. The molecule has 0 aliphatic carbocycles. The summed E-state index contributed by atoms with van der Waals surface area (Å²) < 4.78 is 19.7. The minimum absolute atomic E-state index is 0.0653. The van der Waals surface area contributed by atoms with Gasteiger partial charge in [-0.3, -0.25) is 4.90 Å². The number of halogens is 2. The van der Waals surface area contributed by atoms with Crippen LogP contribution in [0, 0.1) is 13.3 Å². The summed E-state index contributed by atoms with van der Waals surface area (Å²) in [6.07, 6.45) is 0.413. The van der Waals surface area contributed by atoms with Gasteiger partial charge in [0.1, 0.15) is 18.8 Å². The molecule has 6 nitrogen and oxygen atoms in total. The van der Waals surface area contributed by atoms with Gasteiger partial charge in [0, 0.05) is 19.5 Å². The molecule has 1 saturated heterocycles. The second kappa shape index (κ2) is 7.20. The molecule has 0 bridgehead atoms. The molecule has 8 heteroatoms. The van der Waals surface area contributed by atoms with Gasteiger partial charge in [-0.05, 0) is 72.4 Å². The number of amides is 1. The van der Waals surface area contributed by atoms with E-state index in [0.29, 0.717) is 13.2 Å². The van der Waals surface area contributed by atoms with Crippen molar-refractivity contribution in [1.29, 1.82) is 0 Å². The second-order valence-electron chi connectivity index (χ2n) is 6.35. The summed E-state index contributed by atoms with van der Waals surface area (Å²) in [6, 6.07) is -0.152. The molecule has 1 amide bonds. The topological polar surface area (TPSA) is 67.5 Å². The lowest BCUT2D eigenvalue weighted by molar-refractivity contribution is 0.0208. The molecule has 22 heavy (non-hydrogen) atoms. The number of imidazole rings is 1. The second-order valence-corrected chi connectivity index (χ2v) is 8.45. The van der Waals surface area contributed by atoms with Crippen molar-refractivity contribution in [3.8, 4) is 0 Å². The van der Waals surface area contributed by atoms with Gasteiger partial charge in [0.15, 0.2) is 0 Å². The van der Waals surface area contributed by atoms with Crippen LogP contribution in [0.5, 0.6) is 0 Å². The first-order valence-corrected chi connectivity index (χ1v) is 9.14. The third kappa shape index (κ3) is 4.47. The maximum absolute atomic E-state index is 12.5. The van der Waals surface area contributed by atoms with Crippen LogP contribution < -0.4 is 0 Å². The van der Waals surface area contributed by atoms with E-state index in [9.17, 15) is 4.79 Å². The fourth-order valence-electron chi connectivity index (χ4n) is 2.50. The molecule has 1 fully saturated rings. The molecule has 2 rings (SSSR count). The van der Waals surface area contributed by atoms with Gasteiger partial charge in [0.2, 0.25) is 0 Å². The third-order valence-electron chi connectivity index (χ3n) is 3.32. The largest absolute Gasteiger partial charge is 0.444 e. The van der Waals surface area contributed by atoms with Crippen molar-refractivity contribution in [3.05, 3.63) is 13.2 Å². The molecular formula is C14H21I2N3O3. The van der Waals surface area contributed by atoms with Gasteiger partial charge >= 0.3 is 6.09 Å². The van der Waals surface area contributed by atoms with E-state index >= 15 is 0 Å². The smallest absolute Gasteiger partial charge is 0.410 e. The van der Waals surface area contributed by atoms with Crippen LogP contribution in [0.4, 0.5) is 4.79 Å². The van der Waals surface area contributed by atoms with Crippen LogP contribution in [0.15, 0.2) is 0 Å².